The molecule has 3 rings (SSSR count). The molecule has 1 atom stereocenters. The lowest BCUT2D eigenvalue weighted by Crippen LogP contribution is -2.43. The Hall–Kier alpha value is -3.55. The molecule has 0 fully saturated rings. The molecule has 1 aliphatic heterocycles. The third-order valence-electron chi connectivity index (χ3n) is 4.23. The number of benzene rings is 2. The van der Waals surface area contributed by atoms with E-state index in [9.17, 15) is 14.4 Å². The van der Waals surface area contributed by atoms with Crippen LogP contribution in [-0.4, -0.2) is 49.4 Å². The highest BCUT2D eigenvalue weighted by Gasteiger charge is 2.30. The Bertz CT molecular complexity index is 899. The number of likely N-dealkylation sites (N-methyl/N-ethyl adjacent to an activating group) is 1. The second kappa shape index (κ2) is 8.43. The average molecular weight is 383 g/mol. The van der Waals surface area contributed by atoms with E-state index in [-0.39, 0.29) is 30.7 Å². The number of anilines is 2. The van der Waals surface area contributed by atoms with Crippen molar-refractivity contribution >= 4 is 29.1 Å². The molecule has 28 heavy (non-hydrogen) atoms. The van der Waals surface area contributed by atoms with Crippen LogP contribution < -0.4 is 20.1 Å². The molecule has 8 heteroatoms. The van der Waals surface area contributed by atoms with E-state index in [0.29, 0.717) is 22.9 Å². The Balaban J connectivity index is 1.54. The molecule has 1 heterocycles. The summed E-state index contributed by atoms with van der Waals surface area (Å²) in [5.74, 6) is 0.00589. The fourth-order valence-electron chi connectivity index (χ4n) is 2.75. The molecule has 1 aliphatic rings. The number of hydrogen-bond donors (Lipinski definition) is 2. The average Bonchev–Trinajstić information content (AvgIpc) is 2.68. The van der Waals surface area contributed by atoms with Crippen molar-refractivity contribution in [2.24, 2.45) is 0 Å². The van der Waals surface area contributed by atoms with E-state index < -0.39 is 6.10 Å². The summed E-state index contributed by atoms with van der Waals surface area (Å²) in [5, 5.41) is 5.42. The van der Waals surface area contributed by atoms with Crippen LogP contribution in [0, 0.1) is 0 Å². The topological polar surface area (TPSA) is 97.0 Å². The monoisotopic (exact) mass is 383 g/mol. The number of fused-ring (bicyclic) bond motifs is 1. The highest BCUT2D eigenvalue weighted by atomic mass is 16.5. The van der Waals surface area contributed by atoms with Crippen molar-refractivity contribution in [3.05, 3.63) is 48.5 Å². The molecule has 2 aromatic carbocycles. The minimum atomic E-state index is -0.939. The summed E-state index contributed by atoms with van der Waals surface area (Å²) < 4.78 is 10.7. The van der Waals surface area contributed by atoms with Gasteiger partial charge < -0.3 is 25.0 Å². The normalized spacial score (nSPS) is 14.9. The maximum absolute atomic E-state index is 12.4. The summed E-state index contributed by atoms with van der Waals surface area (Å²) >= 11 is 0. The molecule has 2 N–H and O–H groups in total. The van der Waals surface area contributed by atoms with Crippen molar-refractivity contribution in [3.8, 4) is 11.5 Å². The Morgan fingerprint density at radius 2 is 2.00 bits per heavy atom. The zero-order valence-electron chi connectivity index (χ0n) is 15.6. The summed E-state index contributed by atoms with van der Waals surface area (Å²) in [4.78, 5) is 38.0. The van der Waals surface area contributed by atoms with Crippen LogP contribution in [0.15, 0.2) is 48.5 Å². The van der Waals surface area contributed by atoms with Crippen molar-refractivity contribution in [1.82, 2.24) is 4.90 Å². The lowest BCUT2D eigenvalue weighted by molar-refractivity contribution is -0.137. The van der Waals surface area contributed by atoms with Gasteiger partial charge in [-0.2, -0.15) is 0 Å². The van der Waals surface area contributed by atoms with Crippen LogP contribution in [0.1, 0.15) is 6.42 Å². The number of amides is 3. The Labute approximate surface area is 162 Å². The summed E-state index contributed by atoms with van der Waals surface area (Å²) in [5.41, 5.74) is 1.14. The van der Waals surface area contributed by atoms with Gasteiger partial charge in [-0.3, -0.25) is 14.4 Å². The fourth-order valence-corrected chi connectivity index (χ4v) is 2.75. The van der Waals surface area contributed by atoms with Crippen molar-refractivity contribution in [2.75, 3.05) is 31.3 Å². The summed E-state index contributed by atoms with van der Waals surface area (Å²) in [7, 11) is 3.04. The zero-order chi connectivity index (χ0) is 20.1. The maximum atomic E-state index is 12.4. The van der Waals surface area contributed by atoms with Crippen LogP contribution >= 0.6 is 0 Å². The Morgan fingerprint density at radius 3 is 2.79 bits per heavy atom. The molecule has 0 saturated carbocycles. The van der Waals surface area contributed by atoms with Gasteiger partial charge in [-0.05, 0) is 24.3 Å². The lowest BCUT2D eigenvalue weighted by atomic mass is 10.1. The van der Waals surface area contributed by atoms with E-state index in [1.165, 1.54) is 19.1 Å². The van der Waals surface area contributed by atoms with Crippen LogP contribution in [0.25, 0.3) is 0 Å². The second-order valence-electron chi connectivity index (χ2n) is 6.33. The van der Waals surface area contributed by atoms with Gasteiger partial charge in [0, 0.05) is 18.8 Å². The number of carbonyl (C=O) groups is 3. The molecule has 2 aromatic rings. The number of rotatable bonds is 6. The predicted octanol–water partition coefficient (Wildman–Crippen LogP) is 1.88. The minimum absolute atomic E-state index is 0.152. The van der Waals surface area contributed by atoms with E-state index in [1.54, 1.807) is 48.5 Å². The van der Waals surface area contributed by atoms with Gasteiger partial charge in [0.25, 0.3) is 5.91 Å². The number of hydrogen-bond acceptors (Lipinski definition) is 5. The van der Waals surface area contributed by atoms with Gasteiger partial charge in [0.1, 0.15) is 11.5 Å². The number of ether oxygens (including phenoxy) is 2. The van der Waals surface area contributed by atoms with Gasteiger partial charge in [-0.15, -0.1) is 0 Å². The largest absolute Gasteiger partial charge is 0.497 e. The van der Waals surface area contributed by atoms with Gasteiger partial charge in [0.05, 0.1) is 25.8 Å². The molecule has 0 saturated heterocycles. The fraction of sp³-hybridized carbons (Fsp3) is 0.250. The summed E-state index contributed by atoms with van der Waals surface area (Å²) in [6.07, 6.45) is -1.10. The summed E-state index contributed by atoms with van der Waals surface area (Å²) in [6.45, 7) is -0.152. The van der Waals surface area contributed by atoms with Crippen LogP contribution in [-0.2, 0) is 14.4 Å². The Morgan fingerprint density at radius 1 is 1.21 bits per heavy atom. The smallest absolute Gasteiger partial charge is 0.266 e. The third-order valence-corrected chi connectivity index (χ3v) is 4.23. The third kappa shape index (κ3) is 4.59. The zero-order valence-corrected chi connectivity index (χ0v) is 15.6. The number of carbonyl (C=O) groups excluding carboxylic acids is 3. The quantitative estimate of drug-likeness (QED) is 0.794. The summed E-state index contributed by atoms with van der Waals surface area (Å²) in [6, 6.07) is 13.9. The SMILES string of the molecule is COc1cccc(NC(=O)CN(C)C(=O)C[C@@H]2Oc3ccccc3NC2=O)c1. The van der Waals surface area contributed by atoms with E-state index in [0.717, 1.165) is 0 Å². The number of nitrogens with zero attached hydrogens (tertiary/aromatic N) is 1. The molecule has 0 radical (unpaired) electrons. The van der Waals surface area contributed by atoms with Crippen LogP contribution in [0.3, 0.4) is 0 Å². The molecule has 8 nitrogen and oxygen atoms in total. The maximum Gasteiger partial charge on any atom is 0.266 e. The van der Waals surface area contributed by atoms with Gasteiger partial charge >= 0.3 is 0 Å². The molecule has 0 unspecified atom stereocenters. The van der Waals surface area contributed by atoms with E-state index in [4.69, 9.17) is 9.47 Å². The number of para-hydroxylation sites is 2. The van der Waals surface area contributed by atoms with E-state index in [2.05, 4.69) is 10.6 Å². The standard InChI is InChI=1S/C20H21N3O5/c1-23(12-18(24)21-13-6-5-7-14(10-13)27-2)19(25)11-17-20(26)22-15-8-3-4-9-16(15)28-17/h3-10,17H,11-12H2,1-2H3,(H,21,24)(H,22,26)/t17-/m0/s1. The Kier molecular flexibility index (Phi) is 5.78. The molecule has 0 bridgehead atoms. The van der Waals surface area contributed by atoms with Gasteiger partial charge in [0.15, 0.2) is 6.10 Å². The van der Waals surface area contributed by atoms with Crippen molar-refractivity contribution in [1.29, 1.82) is 0 Å². The first kappa shape index (κ1) is 19.2. The first-order valence-corrected chi connectivity index (χ1v) is 8.70. The molecule has 3 amide bonds. The minimum Gasteiger partial charge on any atom is -0.497 e. The highest BCUT2D eigenvalue weighted by molar-refractivity contribution is 6.00. The first-order chi connectivity index (χ1) is 13.5. The van der Waals surface area contributed by atoms with Gasteiger partial charge in [-0.25, -0.2) is 0 Å². The number of nitrogens with one attached hydrogen (secondary N) is 2. The van der Waals surface area contributed by atoms with E-state index in [1.807, 2.05) is 0 Å². The molecule has 0 aliphatic carbocycles. The molecule has 146 valence electrons. The molecular formula is C20H21N3O5. The first-order valence-electron chi connectivity index (χ1n) is 8.70. The molecule has 0 aromatic heterocycles. The van der Waals surface area contributed by atoms with Crippen LogP contribution in [0.5, 0.6) is 11.5 Å². The van der Waals surface area contributed by atoms with Crippen molar-refractivity contribution in [2.45, 2.75) is 12.5 Å². The van der Waals surface area contributed by atoms with Gasteiger partial charge in [-0.1, -0.05) is 18.2 Å². The highest BCUT2D eigenvalue weighted by Crippen LogP contribution is 2.29. The van der Waals surface area contributed by atoms with Gasteiger partial charge in [0.2, 0.25) is 11.8 Å². The lowest BCUT2D eigenvalue weighted by Gasteiger charge is -2.26. The predicted molar refractivity (Wildman–Crippen MR) is 103 cm³/mol. The molecular weight excluding hydrogens is 362 g/mol. The van der Waals surface area contributed by atoms with Crippen LogP contribution in [0.4, 0.5) is 11.4 Å². The second-order valence-corrected chi connectivity index (χ2v) is 6.33. The van der Waals surface area contributed by atoms with Crippen molar-refractivity contribution < 1.29 is 23.9 Å². The molecule has 0 spiro atoms. The number of methoxy groups -OCH3 is 1. The van der Waals surface area contributed by atoms with E-state index >= 15 is 0 Å². The van der Waals surface area contributed by atoms with Crippen LogP contribution in [0.2, 0.25) is 0 Å². The van der Waals surface area contributed by atoms with Crippen molar-refractivity contribution in [3.63, 3.8) is 0 Å².